The van der Waals surface area contributed by atoms with Crippen LogP contribution in [0.5, 0.6) is 0 Å². The molecule has 0 spiro atoms. The van der Waals surface area contributed by atoms with E-state index in [2.05, 4.69) is 20.4 Å². The summed E-state index contributed by atoms with van der Waals surface area (Å²) in [6, 6.07) is 5.20. The van der Waals surface area contributed by atoms with Gasteiger partial charge in [-0.15, -0.1) is 0 Å². The Labute approximate surface area is 118 Å². The van der Waals surface area contributed by atoms with Gasteiger partial charge >= 0.3 is 0 Å². The van der Waals surface area contributed by atoms with Crippen molar-refractivity contribution in [3.63, 3.8) is 0 Å². The topological polar surface area (TPSA) is 86.8 Å². The van der Waals surface area contributed by atoms with Crippen molar-refractivity contribution in [1.82, 2.24) is 15.2 Å². The zero-order chi connectivity index (χ0) is 13.9. The van der Waals surface area contributed by atoms with Crippen molar-refractivity contribution in [2.24, 2.45) is 10.9 Å². The highest BCUT2D eigenvalue weighted by molar-refractivity contribution is 5.96. The third kappa shape index (κ3) is 2.91. The van der Waals surface area contributed by atoms with Crippen LogP contribution in [0.1, 0.15) is 30.5 Å². The smallest absolute Gasteiger partial charge is 0.189 e. The van der Waals surface area contributed by atoms with Crippen LogP contribution in [0.4, 0.5) is 0 Å². The summed E-state index contributed by atoms with van der Waals surface area (Å²) < 4.78 is 0. The van der Waals surface area contributed by atoms with Gasteiger partial charge in [-0.3, -0.25) is 9.88 Å². The average molecular weight is 275 g/mol. The molecule has 1 unspecified atom stereocenters. The number of likely N-dealkylation sites (tertiary alicyclic amines) is 1. The maximum atomic E-state index is 8.79. The second-order valence-electron chi connectivity index (χ2n) is 5.59. The molecule has 1 atom stereocenters. The third-order valence-corrected chi connectivity index (χ3v) is 4.11. The molecule has 6 nitrogen and oxygen atoms in total. The molecule has 0 radical (unpaired) electrons. The highest BCUT2D eigenvalue weighted by Gasteiger charge is 2.34. The van der Waals surface area contributed by atoms with Crippen LogP contribution in [0.15, 0.2) is 23.5 Å². The van der Waals surface area contributed by atoms with Gasteiger partial charge in [-0.05, 0) is 30.9 Å². The van der Waals surface area contributed by atoms with Crippen molar-refractivity contribution in [2.45, 2.75) is 37.9 Å². The molecule has 20 heavy (non-hydrogen) atoms. The van der Waals surface area contributed by atoms with E-state index in [0.29, 0.717) is 18.3 Å². The van der Waals surface area contributed by atoms with Crippen LogP contribution in [-0.4, -0.2) is 46.1 Å². The molecule has 108 valence electrons. The van der Waals surface area contributed by atoms with Gasteiger partial charge in [0.1, 0.15) is 5.69 Å². The van der Waals surface area contributed by atoms with E-state index < -0.39 is 0 Å². The van der Waals surface area contributed by atoms with Crippen LogP contribution in [0.25, 0.3) is 0 Å². The van der Waals surface area contributed by atoms with Crippen molar-refractivity contribution < 1.29 is 5.21 Å². The zero-order valence-electron chi connectivity index (χ0n) is 11.5. The Hall–Kier alpha value is -1.66. The molecule has 1 aliphatic carbocycles. The van der Waals surface area contributed by atoms with Crippen LogP contribution in [0.2, 0.25) is 0 Å². The van der Waals surface area contributed by atoms with Gasteiger partial charge in [0.2, 0.25) is 0 Å². The molecule has 1 saturated heterocycles. The molecule has 1 aliphatic heterocycles. The van der Waals surface area contributed by atoms with Gasteiger partial charge < -0.3 is 16.3 Å². The minimum atomic E-state index is 0.0634. The van der Waals surface area contributed by atoms with Crippen LogP contribution in [0, 0.1) is 0 Å². The fourth-order valence-corrected chi connectivity index (χ4v) is 2.84. The molecular weight excluding hydrogens is 254 g/mol. The molecule has 2 aliphatic rings. The number of hydrogen-bond donors (Lipinski definition) is 3. The molecule has 0 bridgehead atoms. The summed E-state index contributed by atoms with van der Waals surface area (Å²) in [6.45, 7) is 3.02. The number of oxime groups is 1. The summed E-state index contributed by atoms with van der Waals surface area (Å²) in [6.07, 6.45) is 5.57. The van der Waals surface area contributed by atoms with Crippen molar-refractivity contribution in [3.8, 4) is 0 Å². The Morgan fingerprint density at radius 2 is 2.35 bits per heavy atom. The van der Waals surface area contributed by atoms with Crippen molar-refractivity contribution in [1.29, 1.82) is 0 Å². The first-order chi connectivity index (χ1) is 9.78. The van der Waals surface area contributed by atoms with Crippen LogP contribution < -0.4 is 11.1 Å². The Balaban J connectivity index is 1.58. The van der Waals surface area contributed by atoms with E-state index in [1.165, 1.54) is 25.8 Å². The molecule has 1 saturated carbocycles. The van der Waals surface area contributed by atoms with Crippen LogP contribution >= 0.6 is 0 Å². The summed E-state index contributed by atoms with van der Waals surface area (Å²) in [5.41, 5.74) is 7.17. The maximum Gasteiger partial charge on any atom is 0.189 e. The van der Waals surface area contributed by atoms with Crippen molar-refractivity contribution in [2.75, 3.05) is 13.1 Å². The lowest BCUT2D eigenvalue weighted by Crippen LogP contribution is -2.33. The summed E-state index contributed by atoms with van der Waals surface area (Å²) >= 11 is 0. The fourth-order valence-electron chi connectivity index (χ4n) is 2.84. The molecule has 6 heteroatoms. The predicted octanol–water partition coefficient (Wildman–Crippen LogP) is 0.502. The standard InChI is InChI=1S/C14H21N5O/c15-14(18-20)13-10(2-1-6-16-13)8-17-11-5-7-19(9-11)12-3-4-12/h1-2,6,11-12,17,20H,3-5,7-9H2,(H2,15,18). The Kier molecular flexibility index (Phi) is 3.84. The quantitative estimate of drug-likeness (QED) is 0.315. The number of aromatic nitrogens is 1. The van der Waals surface area contributed by atoms with Crippen LogP contribution in [0.3, 0.4) is 0 Å². The minimum absolute atomic E-state index is 0.0634. The van der Waals surface area contributed by atoms with Crippen molar-refractivity contribution in [3.05, 3.63) is 29.6 Å². The van der Waals surface area contributed by atoms with Crippen molar-refractivity contribution >= 4 is 5.84 Å². The van der Waals surface area contributed by atoms with Gasteiger partial charge in [0.25, 0.3) is 0 Å². The number of hydrogen-bond acceptors (Lipinski definition) is 5. The fraction of sp³-hybridized carbons (Fsp3) is 0.571. The van der Waals surface area contributed by atoms with E-state index in [-0.39, 0.29) is 5.84 Å². The first kappa shape index (κ1) is 13.3. The largest absolute Gasteiger partial charge is 0.409 e. The second kappa shape index (κ2) is 5.76. The molecule has 1 aromatic heterocycles. The number of pyridine rings is 1. The lowest BCUT2D eigenvalue weighted by Gasteiger charge is -2.16. The zero-order valence-corrected chi connectivity index (χ0v) is 11.5. The van der Waals surface area contributed by atoms with E-state index in [0.717, 1.165) is 18.2 Å². The normalized spacial score (nSPS) is 24.2. The Morgan fingerprint density at radius 1 is 1.50 bits per heavy atom. The molecule has 3 rings (SSSR count). The van der Waals surface area contributed by atoms with E-state index in [4.69, 9.17) is 10.9 Å². The Bertz CT molecular complexity index is 500. The molecule has 0 amide bonds. The summed E-state index contributed by atoms with van der Waals surface area (Å²) in [4.78, 5) is 6.76. The van der Waals surface area contributed by atoms with Gasteiger partial charge in [-0.25, -0.2) is 0 Å². The van der Waals surface area contributed by atoms with E-state index in [1.54, 1.807) is 6.20 Å². The molecular formula is C14H21N5O. The van der Waals surface area contributed by atoms with E-state index >= 15 is 0 Å². The minimum Gasteiger partial charge on any atom is -0.409 e. The number of nitrogens with zero attached hydrogens (tertiary/aromatic N) is 3. The van der Waals surface area contributed by atoms with Gasteiger partial charge in [0.05, 0.1) is 0 Å². The second-order valence-corrected chi connectivity index (χ2v) is 5.59. The van der Waals surface area contributed by atoms with E-state index in [1.807, 2.05) is 12.1 Å². The number of amidine groups is 1. The molecule has 0 aromatic carbocycles. The highest BCUT2D eigenvalue weighted by Crippen LogP contribution is 2.29. The predicted molar refractivity (Wildman–Crippen MR) is 76.6 cm³/mol. The van der Waals surface area contributed by atoms with Gasteiger partial charge in [0, 0.05) is 37.9 Å². The summed E-state index contributed by atoms with van der Waals surface area (Å²) in [5.74, 6) is 0.0634. The van der Waals surface area contributed by atoms with Gasteiger partial charge in [-0.1, -0.05) is 11.2 Å². The average Bonchev–Trinajstić information content (AvgIpc) is 3.24. The Morgan fingerprint density at radius 3 is 3.10 bits per heavy atom. The maximum absolute atomic E-state index is 8.79. The highest BCUT2D eigenvalue weighted by atomic mass is 16.4. The number of nitrogens with two attached hydrogens (primary N) is 1. The first-order valence-electron chi connectivity index (χ1n) is 7.17. The lowest BCUT2D eigenvalue weighted by atomic mass is 10.1. The summed E-state index contributed by atoms with van der Waals surface area (Å²) in [5, 5.41) is 15.4. The third-order valence-electron chi connectivity index (χ3n) is 4.11. The molecule has 1 aromatic rings. The van der Waals surface area contributed by atoms with Crippen LogP contribution in [-0.2, 0) is 6.54 Å². The molecule has 4 N–H and O–H groups in total. The van der Waals surface area contributed by atoms with E-state index in [9.17, 15) is 0 Å². The number of rotatable bonds is 5. The van der Waals surface area contributed by atoms with Gasteiger partial charge in [0.15, 0.2) is 5.84 Å². The monoisotopic (exact) mass is 275 g/mol. The number of nitrogens with one attached hydrogen (secondary N) is 1. The lowest BCUT2D eigenvalue weighted by molar-refractivity contribution is 0.317. The molecule has 2 heterocycles. The first-order valence-corrected chi connectivity index (χ1v) is 7.17. The SMILES string of the molecule is NC(=NO)c1ncccc1CNC1CCN(C2CC2)C1. The summed E-state index contributed by atoms with van der Waals surface area (Å²) in [7, 11) is 0. The van der Waals surface area contributed by atoms with Gasteiger partial charge in [-0.2, -0.15) is 0 Å². The molecule has 2 fully saturated rings.